The molecule has 0 aliphatic heterocycles. The van der Waals surface area contributed by atoms with Gasteiger partial charge >= 0.3 is 23.0 Å². The second kappa shape index (κ2) is 6.85. The van der Waals surface area contributed by atoms with Crippen molar-refractivity contribution in [3.05, 3.63) is 12.2 Å². The van der Waals surface area contributed by atoms with E-state index >= 15 is 0 Å². The van der Waals surface area contributed by atoms with E-state index in [1.54, 1.807) is 0 Å². The number of hydrogen-bond donors (Lipinski definition) is 1. The van der Waals surface area contributed by atoms with Gasteiger partial charge in [0.1, 0.15) is 6.61 Å². The molecule has 0 aromatic rings. The summed E-state index contributed by atoms with van der Waals surface area (Å²) in [5, 5.41) is -3.48. The van der Waals surface area contributed by atoms with E-state index in [1.807, 2.05) is 0 Å². The van der Waals surface area contributed by atoms with Crippen molar-refractivity contribution in [1.29, 1.82) is 0 Å². The molecule has 0 fully saturated rings. The second-order valence-electron chi connectivity index (χ2n) is 3.79. The molecule has 1 unspecified atom stereocenters. The smallest absolute Gasteiger partial charge is 0.379 e. The van der Waals surface area contributed by atoms with Crippen molar-refractivity contribution in [2.75, 3.05) is 13.2 Å². The summed E-state index contributed by atoms with van der Waals surface area (Å²) in [4.78, 5) is 23.0. The van der Waals surface area contributed by atoms with E-state index in [4.69, 9.17) is 4.74 Å². The molecule has 0 amide bonds. The zero-order chi connectivity index (χ0) is 15.3. The van der Waals surface area contributed by atoms with Crippen molar-refractivity contribution in [1.82, 2.24) is 0 Å². The van der Waals surface area contributed by atoms with Crippen molar-refractivity contribution < 1.29 is 32.6 Å². The molecular formula is C11H16F2O5S. The Labute approximate surface area is 115 Å². The summed E-state index contributed by atoms with van der Waals surface area (Å²) in [6.45, 7) is 5.90. The van der Waals surface area contributed by atoms with Gasteiger partial charge in [-0.05, 0) is 13.8 Å². The highest BCUT2D eigenvalue weighted by Crippen LogP contribution is 2.24. The van der Waals surface area contributed by atoms with E-state index in [1.165, 1.54) is 13.8 Å². The molecule has 0 rings (SSSR count). The van der Waals surface area contributed by atoms with Crippen LogP contribution >= 0.6 is 12.6 Å². The fourth-order valence-corrected chi connectivity index (χ4v) is 0.945. The molecule has 19 heavy (non-hydrogen) atoms. The summed E-state index contributed by atoms with van der Waals surface area (Å²) in [5.74, 6) is -4.33. The fourth-order valence-electron chi connectivity index (χ4n) is 0.881. The Bertz CT molecular complexity index is 367. The molecule has 0 radical (unpaired) electrons. The predicted molar refractivity (Wildman–Crippen MR) is 65.8 cm³/mol. The molecule has 0 spiro atoms. The normalized spacial score (nSPS) is 14.4. The zero-order valence-corrected chi connectivity index (χ0v) is 11.8. The minimum absolute atomic E-state index is 0.0169. The number of rotatable bonds is 7. The van der Waals surface area contributed by atoms with E-state index in [9.17, 15) is 18.4 Å². The molecule has 0 aliphatic carbocycles. The first-order valence-corrected chi connectivity index (χ1v) is 5.77. The summed E-state index contributed by atoms with van der Waals surface area (Å²) in [5.41, 5.74) is -0.0169. The first-order valence-electron chi connectivity index (χ1n) is 5.32. The van der Waals surface area contributed by atoms with Crippen LogP contribution in [0.25, 0.3) is 0 Å². The first-order chi connectivity index (χ1) is 8.52. The highest BCUT2D eigenvalue weighted by Gasteiger charge is 2.43. The van der Waals surface area contributed by atoms with Crippen LogP contribution in [0.2, 0.25) is 0 Å². The molecule has 5 nitrogen and oxygen atoms in total. The van der Waals surface area contributed by atoms with Gasteiger partial charge < -0.3 is 14.2 Å². The number of ether oxygens (including phenoxy) is 3. The lowest BCUT2D eigenvalue weighted by molar-refractivity contribution is -0.243. The third kappa shape index (κ3) is 6.53. The highest BCUT2D eigenvalue weighted by atomic mass is 32.1. The van der Waals surface area contributed by atoms with Gasteiger partial charge in [0.2, 0.25) is 0 Å². The number of thiol groups is 1. The third-order valence-corrected chi connectivity index (χ3v) is 1.93. The lowest BCUT2D eigenvalue weighted by Gasteiger charge is -2.28. The lowest BCUT2D eigenvalue weighted by atomic mass is 10.3. The van der Waals surface area contributed by atoms with Crippen LogP contribution in [-0.4, -0.2) is 36.2 Å². The van der Waals surface area contributed by atoms with Gasteiger partial charge in [0.15, 0.2) is 0 Å². The molecule has 0 heterocycles. The van der Waals surface area contributed by atoms with Crippen molar-refractivity contribution in [2.24, 2.45) is 0 Å². The Morgan fingerprint density at radius 3 is 2.26 bits per heavy atom. The number of hydrogen-bond acceptors (Lipinski definition) is 6. The summed E-state index contributed by atoms with van der Waals surface area (Å²) >= 11 is 2.95. The van der Waals surface area contributed by atoms with E-state index in [0.717, 1.165) is 6.92 Å². The second-order valence-corrected chi connectivity index (χ2v) is 4.44. The molecule has 0 aromatic carbocycles. The van der Waals surface area contributed by atoms with Gasteiger partial charge in [-0.3, -0.25) is 0 Å². The molecule has 8 heteroatoms. The predicted octanol–water partition coefficient (Wildman–Crippen LogP) is 1.92. The van der Waals surface area contributed by atoms with E-state index in [0.29, 0.717) is 0 Å². The highest BCUT2D eigenvalue weighted by molar-refractivity contribution is 7.81. The molecule has 1 atom stereocenters. The average Bonchev–Trinajstić information content (AvgIpc) is 2.25. The maximum absolute atomic E-state index is 12.6. The van der Waals surface area contributed by atoms with Gasteiger partial charge in [-0.2, -0.15) is 8.78 Å². The van der Waals surface area contributed by atoms with Crippen LogP contribution in [0.3, 0.4) is 0 Å². The third-order valence-electron chi connectivity index (χ3n) is 1.80. The Balaban J connectivity index is 4.96. The van der Waals surface area contributed by atoms with Crippen molar-refractivity contribution >= 4 is 24.6 Å². The van der Waals surface area contributed by atoms with Crippen molar-refractivity contribution in [3.8, 4) is 0 Å². The largest absolute Gasteiger partial charge is 0.461 e. The average molecular weight is 298 g/mol. The fraction of sp³-hybridized carbons (Fsp3) is 0.636. The molecule has 0 saturated carbocycles. The Morgan fingerprint density at radius 1 is 1.37 bits per heavy atom. The summed E-state index contributed by atoms with van der Waals surface area (Å²) in [7, 11) is 0. The van der Waals surface area contributed by atoms with Crippen LogP contribution in [0.4, 0.5) is 8.78 Å². The van der Waals surface area contributed by atoms with E-state index in [2.05, 4.69) is 28.7 Å². The van der Waals surface area contributed by atoms with Crippen LogP contribution in [0.5, 0.6) is 0 Å². The Hall–Kier alpha value is -1.15. The van der Waals surface area contributed by atoms with Gasteiger partial charge in [-0.15, -0.1) is 12.6 Å². The molecule has 0 aliphatic rings. The van der Waals surface area contributed by atoms with Crippen molar-refractivity contribution in [3.63, 3.8) is 0 Å². The summed E-state index contributed by atoms with van der Waals surface area (Å²) in [6, 6.07) is 0. The Morgan fingerprint density at radius 2 is 1.89 bits per heavy atom. The SMILES string of the molecule is C=C(C)C(=O)OC(C)(OCC(F)(F)S)C(=O)OCC. The van der Waals surface area contributed by atoms with Crippen LogP contribution in [0.1, 0.15) is 20.8 Å². The number of esters is 2. The molecule has 0 aromatic heterocycles. The van der Waals surface area contributed by atoms with Gasteiger partial charge in [0.25, 0.3) is 0 Å². The zero-order valence-electron chi connectivity index (χ0n) is 10.9. The van der Waals surface area contributed by atoms with Crippen LogP contribution in [-0.2, 0) is 23.8 Å². The maximum atomic E-state index is 12.6. The number of carbonyl (C=O) groups is 2. The van der Waals surface area contributed by atoms with Gasteiger partial charge in [0.05, 0.1) is 6.61 Å². The first kappa shape index (κ1) is 17.8. The molecule has 110 valence electrons. The van der Waals surface area contributed by atoms with Crippen LogP contribution in [0.15, 0.2) is 12.2 Å². The van der Waals surface area contributed by atoms with Gasteiger partial charge in [-0.1, -0.05) is 6.58 Å². The Kier molecular flexibility index (Phi) is 6.44. The summed E-state index contributed by atoms with van der Waals surface area (Å²) < 4.78 is 39.2. The maximum Gasteiger partial charge on any atom is 0.379 e. The number of carbonyl (C=O) groups excluding carboxylic acids is 2. The quantitative estimate of drug-likeness (QED) is 0.337. The van der Waals surface area contributed by atoms with Crippen LogP contribution < -0.4 is 0 Å². The van der Waals surface area contributed by atoms with E-state index < -0.39 is 29.6 Å². The lowest BCUT2D eigenvalue weighted by Crippen LogP contribution is -2.46. The molecule has 0 N–H and O–H groups in total. The number of alkyl halides is 2. The molecule has 0 saturated heterocycles. The standard InChI is InChI=1S/C11H16F2O5S/c1-5-16-9(15)10(4,17-6-11(12,13)19)18-8(14)7(2)3/h19H,2,5-6H2,1,3-4H3. The monoisotopic (exact) mass is 298 g/mol. The summed E-state index contributed by atoms with van der Waals surface area (Å²) in [6.07, 6.45) is 0. The van der Waals surface area contributed by atoms with E-state index in [-0.39, 0.29) is 12.2 Å². The van der Waals surface area contributed by atoms with Gasteiger partial charge in [0, 0.05) is 12.5 Å². The topological polar surface area (TPSA) is 61.8 Å². The number of halogens is 2. The molecular weight excluding hydrogens is 282 g/mol. The van der Waals surface area contributed by atoms with Crippen molar-refractivity contribution in [2.45, 2.75) is 31.8 Å². The minimum atomic E-state index is -3.48. The molecule has 0 bridgehead atoms. The minimum Gasteiger partial charge on any atom is -0.461 e. The van der Waals surface area contributed by atoms with Gasteiger partial charge in [-0.25, -0.2) is 9.59 Å². The van der Waals surface area contributed by atoms with Crippen LogP contribution in [0, 0.1) is 0 Å².